The van der Waals surface area contributed by atoms with Crippen molar-refractivity contribution in [1.82, 2.24) is 0 Å². The first kappa shape index (κ1) is 13.6. The van der Waals surface area contributed by atoms with Crippen LogP contribution < -0.4 is 0 Å². The Morgan fingerprint density at radius 3 is 2.13 bits per heavy atom. The zero-order valence-corrected chi connectivity index (χ0v) is 10.2. The van der Waals surface area contributed by atoms with Crippen molar-refractivity contribution in [2.24, 2.45) is 0 Å². The average Bonchev–Trinajstić information content (AvgIpc) is 2.16. The summed E-state index contributed by atoms with van der Waals surface area (Å²) in [7, 11) is 0. The van der Waals surface area contributed by atoms with Gasteiger partial charge in [0.05, 0.1) is 0 Å². The lowest BCUT2D eigenvalue weighted by atomic mass is 9.98. The minimum atomic E-state index is 0.0894. The fourth-order valence-electron chi connectivity index (χ4n) is 1.46. The van der Waals surface area contributed by atoms with Crippen molar-refractivity contribution >= 4 is 5.78 Å². The lowest BCUT2D eigenvalue weighted by Crippen LogP contribution is -1.98. The third kappa shape index (κ3) is 4.11. The van der Waals surface area contributed by atoms with Crippen LogP contribution in [0, 0.1) is 0 Å². The van der Waals surface area contributed by atoms with E-state index >= 15 is 0 Å². The third-order valence-electron chi connectivity index (χ3n) is 2.24. The topological polar surface area (TPSA) is 17.1 Å². The molecule has 0 aliphatic carbocycles. The molecule has 0 aliphatic heterocycles. The second kappa shape index (κ2) is 6.18. The van der Waals surface area contributed by atoms with E-state index in [4.69, 9.17) is 0 Å². The van der Waals surface area contributed by atoms with Gasteiger partial charge in [0.2, 0.25) is 0 Å². The van der Waals surface area contributed by atoms with E-state index in [9.17, 15) is 4.79 Å². The predicted octanol–water partition coefficient (Wildman–Crippen LogP) is 3.99. The van der Waals surface area contributed by atoms with Gasteiger partial charge in [0.25, 0.3) is 0 Å². The first-order valence-electron chi connectivity index (χ1n) is 5.17. The second-order valence-electron chi connectivity index (χ2n) is 3.61. The number of hydrogen-bond donors (Lipinski definition) is 0. The van der Waals surface area contributed by atoms with Gasteiger partial charge in [-0.3, -0.25) is 4.79 Å². The van der Waals surface area contributed by atoms with E-state index in [0.717, 1.165) is 16.7 Å². The standard InChI is InChI=1S/C14H20O/c1-7-13(10(3)4)11(5)9-12(6)14(15)8-2/h7,9H,3,6,8H2,1-2,4-5H3/b11-9-,13-7-. The fourth-order valence-corrected chi connectivity index (χ4v) is 1.46. The Labute approximate surface area is 92.9 Å². The lowest BCUT2D eigenvalue weighted by Gasteiger charge is -2.07. The summed E-state index contributed by atoms with van der Waals surface area (Å²) in [6.07, 6.45) is 4.33. The zero-order chi connectivity index (χ0) is 12.0. The quantitative estimate of drug-likeness (QED) is 0.489. The van der Waals surface area contributed by atoms with Crippen LogP contribution in [0.4, 0.5) is 0 Å². The molecule has 0 radical (unpaired) electrons. The fraction of sp³-hybridized carbons (Fsp3) is 0.357. The monoisotopic (exact) mass is 204 g/mol. The molecule has 0 atom stereocenters. The second-order valence-corrected chi connectivity index (χ2v) is 3.61. The lowest BCUT2D eigenvalue weighted by molar-refractivity contribution is -0.114. The molecule has 0 rings (SSSR count). The molecule has 0 N–H and O–H groups in total. The molecule has 0 spiro atoms. The highest BCUT2D eigenvalue weighted by molar-refractivity contribution is 5.97. The Kier molecular flexibility index (Phi) is 5.61. The average molecular weight is 204 g/mol. The maximum absolute atomic E-state index is 11.3. The normalized spacial score (nSPS) is 12.5. The number of rotatable bonds is 5. The molecule has 0 bridgehead atoms. The largest absolute Gasteiger partial charge is 0.294 e. The summed E-state index contributed by atoms with van der Waals surface area (Å²) >= 11 is 0. The van der Waals surface area contributed by atoms with Crippen LogP contribution in [0.1, 0.15) is 34.1 Å². The van der Waals surface area contributed by atoms with Gasteiger partial charge < -0.3 is 0 Å². The molecule has 0 fully saturated rings. The van der Waals surface area contributed by atoms with Crippen LogP contribution in [-0.2, 0) is 4.79 Å². The molecule has 82 valence electrons. The van der Waals surface area contributed by atoms with Gasteiger partial charge >= 0.3 is 0 Å². The summed E-state index contributed by atoms with van der Waals surface area (Å²) in [5.41, 5.74) is 3.69. The van der Waals surface area contributed by atoms with E-state index in [1.54, 1.807) is 0 Å². The van der Waals surface area contributed by atoms with Crippen molar-refractivity contribution in [3.8, 4) is 0 Å². The van der Waals surface area contributed by atoms with Gasteiger partial charge in [0.1, 0.15) is 0 Å². The van der Waals surface area contributed by atoms with Crippen LogP contribution >= 0.6 is 0 Å². The number of carbonyl (C=O) groups excluding carboxylic acids is 1. The van der Waals surface area contributed by atoms with Crippen molar-refractivity contribution in [3.05, 3.63) is 47.6 Å². The SMILES string of the molecule is C=C(/C=C(C)\C(=C/C)C(=C)C)C(=O)CC. The molecule has 0 saturated heterocycles. The maximum Gasteiger partial charge on any atom is 0.162 e. The van der Waals surface area contributed by atoms with Gasteiger partial charge in [-0.25, -0.2) is 0 Å². The van der Waals surface area contributed by atoms with Crippen LogP contribution in [-0.4, -0.2) is 5.78 Å². The van der Waals surface area contributed by atoms with Gasteiger partial charge in [-0.2, -0.15) is 0 Å². The van der Waals surface area contributed by atoms with E-state index in [-0.39, 0.29) is 5.78 Å². The first-order valence-corrected chi connectivity index (χ1v) is 5.17. The van der Waals surface area contributed by atoms with Crippen molar-refractivity contribution in [2.45, 2.75) is 34.1 Å². The summed E-state index contributed by atoms with van der Waals surface area (Å²) in [5.74, 6) is 0.0894. The highest BCUT2D eigenvalue weighted by Gasteiger charge is 2.04. The van der Waals surface area contributed by atoms with Crippen molar-refractivity contribution < 1.29 is 4.79 Å². The number of carbonyl (C=O) groups is 1. The molecule has 0 aromatic heterocycles. The molecule has 1 nitrogen and oxygen atoms in total. The van der Waals surface area contributed by atoms with Crippen molar-refractivity contribution in [3.63, 3.8) is 0 Å². The summed E-state index contributed by atoms with van der Waals surface area (Å²) in [6, 6.07) is 0. The third-order valence-corrected chi connectivity index (χ3v) is 2.24. The maximum atomic E-state index is 11.3. The number of allylic oxidation sites excluding steroid dienone is 6. The molecule has 0 unspecified atom stereocenters. The minimum absolute atomic E-state index is 0.0894. The van der Waals surface area contributed by atoms with Crippen LogP contribution in [0.5, 0.6) is 0 Å². The Morgan fingerprint density at radius 2 is 1.80 bits per heavy atom. The smallest absolute Gasteiger partial charge is 0.162 e. The highest BCUT2D eigenvalue weighted by atomic mass is 16.1. The summed E-state index contributed by atoms with van der Waals surface area (Å²) in [6.45, 7) is 15.4. The Morgan fingerprint density at radius 1 is 1.27 bits per heavy atom. The van der Waals surface area contributed by atoms with E-state index < -0.39 is 0 Å². The first-order chi connectivity index (χ1) is 6.93. The molecule has 1 heteroatoms. The van der Waals surface area contributed by atoms with Gasteiger partial charge in [-0.15, -0.1) is 0 Å². The van der Waals surface area contributed by atoms with Gasteiger partial charge in [0, 0.05) is 12.0 Å². The Hall–Kier alpha value is -1.37. The molecule has 0 amide bonds. The van der Waals surface area contributed by atoms with Gasteiger partial charge in [-0.05, 0) is 38.0 Å². The molecule has 0 aromatic carbocycles. The number of Topliss-reactive ketones (excluding diaryl/α,β-unsaturated/α-hetero) is 1. The molecular formula is C14H20O. The van der Waals surface area contributed by atoms with Gasteiger partial charge in [0.15, 0.2) is 5.78 Å². The molecule has 0 aliphatic rings. The minimum Gasteiger partial charge on any atom is -0.294 e. The van der Waals surface area contributed by atoms with E-state index in [0.29, 0.717) is 12.0 Å². The molecule has 0 aromatic rings. The van der Waals surface area contributed by atoms with Crippen LogP contribution in [0.3, 0.4) is 0 Å². The van der Waals surface area contributed by atoms with Crippen molar-refractivity contribution in [2.75, 3.05) is 0 Å². The van der Waals surface area contributed by atoms with Crippen LogP contribution in [0.15, 0.2) is 47.6 Å². The highest BCUT2D eigenvalue weighted by Crippen LogP contribution is 2.18. The summed E-state index contributed by atoms with van der Waals surface area (Å²) in [5, 5.41) is 0. The Balaban J connectivity index is 4.92. The predicted molar refractivity (Wildman–Crippen MR) is 66.8 cm³/mol. The van der Waals surface area contributed by atoms with Crippen LogP contribution in [0.2, 0.25) is 0 Å². The van der Waals surface area contributed by atoms with E-state index in [2.05, 4.69) is 13.2 Å². The summed E-state index contributed by atoms with van der Waals surface area (Å²) < 4.78 is 0. The van der Waals surface area contributed by atoms with Crippen LogP contribution in [0.25, 0.3) is 0 Å². The number of ketones is 1. The molecule has 0 heterocycles. The molecule has 15 heavy (non-hydrogen) atoms. The van der Waals surface area contributed by atoms with Crippen molar-refractivity contribution in [1.29, 1.82) is 0 Å². The van der Waals surface area contributed by atoms with Gasteiger partial charge in [-0.1, -0.05) is 31.7 Å². The van der Waals surface area contributed by atoms with E-state index in [1.807, 2.05) is 39.8 Å². The molecular weight excluding hydrogens is 184 g/mol. The molecule has 0 saturated carbocycles. The zero-order valence-electron chi connectivity index (χ0n) is 10.2. The van der Waals surface area contributed by atoms with E-state index in [1.165, 1.54) is 0 Å². The Bertz CT molecular complexity index is 340. The number of hydrogen-bond acceptors (Lipinski definition) is 1. The summed E-state index contributed by atoms with van der Waals surface area (Å²) in [4.78, 5) is 11.3.